The molecule has 0 aliphatic carbocycles. The van der Waals surface area contributed by atoms with Crippen LogP contribution in [0.3, 0.4) is 0 Å². The Morgan fingerprint density at radius 2 is 1.16 bits per heavy atom. The van der Waals surface area contributed by atoms with E-state index >= 15 is 0 Å². The molecule has 0 saturated heterocycles. The molecule has 0 fully saturated rings. The quantitative estimate of drug-likeness (QED) is 0.224. The third kappa shape index (κ3) is 12.2. The molecule has 0 bridgehead atoms. The number of rotatable bonds is 19. The van der Waals surface area contributed by atoms with Crippen molar-refractivity contribution in [1.29, 1.82) is 0 Å². The Balaban J connectivity index is 1.29. The van der Waals surface area contributed by atoms with Gasteiger partial charge in [0, 0.05) is 5.56 Å². The number of fused-ring (bicyclic) bond motifs is 1. The van der Waals surface area contributed by atoms with E-state index in [1.165, 1.54) is 115 Å². The molecule has 3 heteroatoms. The van der Waals surface area contributed by atoms with E-state index in [1.807, 2.05) is 0 Å². The molecule has 1 aliphatic rings. The van der Waals surface area contributed by atoms with Crippen molar-refractivity contribution in [1.82, 2.24) is 5.43 Å². The molecule has 1 aliphatic heterocycles. The third-order valence-electron chi connectivity index (χ3n) is 6.43. The van der Waals surface area contributed by atoms with Gasteiger partial charge in [0.1, 0.15) is 0 Å². The van der Waals surface area contributed by atoms with Crippen molar-refractivity contribution in [3.63, 3.8) is 0 Å². The van der Waals surface area contributed by atoms with Crippen LogP contribution in [0.15, 0.2) is 29.4 Å². The van der Waals surface area contributed by atoms with Gasteiger partial charge in [0.05, 0.1) is 13.2 Å². The molecule has 1 aromatic rings. The number of nitrogens with one attached hydrogen (secondary N) is 1. The summed E-state index contributed by atoms with van der Waals surface area (Å²) in [7, 11) is 0. The zero-order valence-electron chi connectivity index (χ0n) is 20.3. The summed E-state index contributed by atoms with van der Waals surface area (Å²) in [5.41, 5.74) is 5.48. The Morgan fingerprint density at radius 3 is 1.71 bits per heavy atom. The number of ether oxygens (including phenoxy) is 1. The van der Waals surface area contributed by atoms with Crippen LogP contribution in [0, 0.1) is 0 Å². The fourth-order valence-electron chi connectivity index (χ4n) is 4.42. The van der Waals surface area contributed by atoms with Gasteiger partial charge in [-0.3, -0.25) is 0 Å². The largest absolute Gasteiger partial charge is 0.476 e. The van der Waals surface area contributed by atoms with Gasteiger partial charge in [-0.05, 0) is 18.1 Å². The summed E-state index contributed by atoms with van der Waals surface area (Å²) in [6.45, 7) is 3.86. The lowest BCUT2D eigenvalue weighted by molar-refractivity contribution is 0.288. The summed E-state index contributed by atoms with van der Waals surface area (Å²) in [6, 6.07) is 8.36. The molecular formula is C28H48N2O. The van der Waals surface area contributed by atoms with Gasteiger partial charge < -0.3 is 10.2 Å². The zero-order valence-corrected chi connectivity index (χ0v) is 20.3. The molecule has 0 spiro atoms. The Kier molecular flexibility index (Phi) is 15.0. The van der Waals surface area contributed by atoms with Crippen LogP contribution in [0.1, 0.15) is 134 Å². The minimum atomic E-state index is 0.758. The molecule has 1 aromatic carbocycles. The van der Waals surface area contributed by atoms with Crippen LogP contribution >= 0.6 is 0 Å². The van der Waals surface area contributed by atoms with Gasteiger partial charge in [0.25, 0.3) is 0 Å². The molecule has 31 heavy (non-hydrogen) atoms. The predicted molar refractivity (Wildman–Crippen MR) is 135 cm³/mol. The van der Waals surface area contributed by atoms with Crippen molar-refractivity contribution in [2.75, 3.05) is 6.61 Å². The second-order valence-electron chi connectivity index (χ2n) is 9.27. The number of unbranched alkanes of at least 4 members (excludes halogenated alkanes) is 17. The van der Waals surface area contributed by atoms with E-state index in [-0.39, 0.29) is 0 Å². The minimum Gasteiger partial charge on any atom is -0.476 e. The van der Waals surface area contributed by atoms with Gasteiger partial charge in [0.2, 0.25) is 5.90 Å². The summed E-state index contributed by atoms with van der Waals surface area (Å²) in [6.07, 6.45) is 25.3. The van der Waals surface area contributed by atoms with Crippen molar-refractivity contribution in [3.05, 3.63) is 35.4 Å². The van der Waals surface area contributed by atoms with E-state index in [9.17, 15) is 0 Å². The summed E-state index contributed by atoms with van der Waals surface area (Å²) in [5.74, 6) is 0.758. The van der Waals surface area contributed by atoms with Crippen molar-refractivity contribution in [2.45, 2.75) is 129 Å². The molecule has 0 unspecified atom stereocenters. The average molecular weight is 429 g/mol. The van der Waals surface area contributed by atoms with Crippen molar-refractivity contribution < 1.29 is 4.74 Å². The molecule has 0 aromatic heterocycles. The second kappa shape index (κ2) is 18.1. The zero-order chi connectivity index (χ0) is 21.8. The van der Waals surface area contributed by atoms with Crippen LogP contribution in [0.25, 0.3) is 0 Å². The highest BCUT2D eigenvalue weighted by molar-refractivity contribution is 5.96. The van der Waals surface area contributed by atoms with Gasteiger partial charge in [-0.1, -0.05) is 134 Å². The van der Waals surface area contributed by atoms with Crippen molar-refractivity contribution in [2.24, 2.45) is 5.10 Å². The second-order valence-corrected chi connectivity index (χ2v) is 9.27. The number of benzene rings is 1. The summed E-state index contributed by atoms with van der Waals surface area (Å²) in [5, 5.41) is 4.33. The first-order chi connectivity index (χ1) is 15.4. The summed E-state index contributed by atoms with van der Waals surface area (Å²) >= 11 is 0. The van der Waals surface area contributed by atoms with Crippen molar-refractivity contribution in [3.8, 4) is 0 Å². The fourth-order valence-corrected chi connectivity index (χ4v) is 4.42. The molecule has 3 nitrogen and oxygen atoms in total. The maximum atomic E-state index is 5.93. The first-order valence-electron chi connectivity index (χ1n) is 13.4. The molecular weight excluding hydrogens is 380 g/mol. The van der Waals surface area contributed by atoms with E-state index in [2.05, 4.69) is 41.7 Å². The number of hydrogen-bond acceptors (Lipinski definition) is 3. The van der Waals surface area contributed by atoms with Gasteiger partial charge in [-0.25, -0.2) is 0 Å². The van der Waals surface area contributed by atoms with Crippen LogP contribution in [-0.4, -0.2) is 12.5 Å². The number of hydrazone groups is 1. The molecule has 2 rings (SSSR count). The smallest absolute Gasteiger partial charge is 0.238 e. The van der Waals surface area contributed by atoms with Crippen LogP contribution in [0.2, 0.25) is 0 Å². The lowest BCUT2D eigenvalue weighted by Gasteiger charge is -2.17. The Morgan fingerprint density at radius 1 is 0.677 bits per heavy atom. The van der Waals surface area contributed by atoms with Gasteiger partial charge in [0.15, 0.2) is 0 Å². The van der Waals surface area contributed by atoms with E-state index in [1.54, 1.807) is 0 Å². The minimum absolute atomic E-state index is 0.758. The Bertz CT molecular complexity index is 584. The maximum absolute atomic E-state index is 5.93. The van der Waals surface area contributed by atoms with Crippen LogP contribution in [0.4, 0.5) is 0 Å². The van der Waals surface area contributed by atoms with Gasteiger partial charge in [-0.2, -0.15) is 0 Å². The lowest BCUT2D eigenvalue weighted by Crippen LogP contribution is -2.22. The predicted octanol–water partition coefficient (Wildman–Crippen LogP) is 8.51. The number of nitrogens with zero attached hydrogens (tertiary/aromatic N) is 1. The lowest BCUT2D eigenvalue weighted by atomic mass is 10.0. The topological polar surface area (TPSA) is 33.6 Å². The number of hydrogen-bond donors (Lipinski definition) is 1. The monoisotopic (exact) mass is 428 g/mol. The molecule has 1 N–H and O–H groups in total. The van der Waals surface area contributed by atoms with E-state index in [0.717, 1.165) is 31.0 Å². The van der Waals surface area contributed by atoms with E-state index < -0.39 is 0 Å². The standard InChI is InChI=1S/C28H48N2O/c1-2-3-4-5-6-7-8-9-10-11-12-13-14-15-16-17-18-21-24-31-28-27-23-20-19-22-26(27)25-29-30-28/h19-20,22-23,29H,2-18,21,24-25H2,1H3. The first-order valence-corrected chi connectivity index (χ1v) is 13.4. The fraction of sp³-hybridized carbons (Fsp3) is 0.750. The highest BCUT2D eigenvalue weighted by atomic mass is 16.5. The third-order valence-corrected chi connectivity index (χ3v) is 6.43. The van der Waals surface area contributed by atoms with Gasteiger partial charge in [-0.15, -0.1) is 5.10 Å². The molecule has 0 amide bonds. The van der Waals surface area contributed by atoms with E-state index in [0.29, 0.717) is 0 Å². The van der Waals surface area contributed by atoms with Crippen LogP contribution in [0.5, 0.6) is 0 Å². The molecule has 0 saturated carbocycles. The van der Waals surface area contributed by atoms with Gasteiger partial charge >= 0.3 is 0 Å². The molecule has 1 heterocycles. The summed E-state index contributed by atoms with van der Waals surface area (Å²) in [4.78, 5) is 0. The van der Waals surface area contributed by atoms with Crippen molar-refractivity contribution >= 4 is 5.90 Å². The average Bonchev–Trinajstić information content (AvgIpc) is 2.80. The molecule has 0 atom stereocenters. The Hall–Kier alpha value is -1.51. The SMILES string of the molecule is CCCCCCCCCCCCCCCCCCCCOC1=NNCc2ccccc21. The highest BCUT2D eigenvalue weighted by Gasteiger charge is 2.14. The first kappa shape index (κ1) is 25.7. The highest BCUT2D eigenvalue weighted by Crippen LogP contribution is 2.16. The maximum Gasteiger partial charge on any atom is 0.238 e. The Labute approximate surface area is 192 Å². The normalized spacial score (nSPS) is 12.9. The molecule has 176 valence electrons. The van der Waals surface area contributed by atoms with Crippen LogP contribution < -0.4 is 5.43 Å². The summed E-state index contributed by atoms with van der Waals surface area (Å²) < 4.78 is 5.93. The van der Waals surface area contributed by atoms with E-state index in [4.69, 9.17) is 4.74 Å². The molecule has 0 radical (unpaired) electrons. The van der Waals surface area contributed by atoms with Crippen LogP contribution in [-0.2, 0) is 11.3 Å².